The van der Waals surface area contributed by atoms with Crippen molar-refractivity contribution in [1.82, 2.24) is 4.98 Å². The summed E-state index contributed by atoms with van der Waals surface area (Å²) in [5.41, 5.74) is 3.36. The molecule has 1 aromatic heterocycles. The maximum absolute atomic E-state index is 12.3. The van der Waals surface area contributed by atoms with Crippen molar-refractivity contribution in [2.24, 2.45) is 0 Å². The van der Waals surface area contributed by atoms with Crippen molar-refractivity contribution in [1.29, 1.82) is 0 Å². The van der Waals surface area contributed by atoms with Crippen LogP contribution in [0, 0.1) is 6.92 Å². The first-order chi connectivity index (χ1) is 9.38. The molecule has 0 saturated heterocycles. The van der Waals surface area contributed by atoms with Crippen LogP contribution in [-0.2, 0) is 5.41 Å². The summed E-state index contributed by atoms with van der Waals surface area (Å²) < 4.78 is 0. The van der Waals surface area contributed by atoms with Gasteiger partial charge >= 0.3 is 0 Å². The lowest BCUT2D eigenvalue weighted by molar-refractivity contribution is 0.102. The van der Waals surface area contributed by atoms with E-state index in [0.29, 0.717) is 5.56 Å². The molecule has 0 aliphatic carbocycles. The highest BCUT2D eigenvalue weighted by Gasteiger charge is 2.17. The Bertz CT molecular complexity index is 627. The number of para-hydroxylation sites is 1. The van der Waals surface area contributed by atoms with Crippen LogP contribution in [0.1, 0.15) is 42.4 Å². The molecular weight excluding hydrogens is 248 g/mol. The predicted molar refractivity (Wildman–Crippen MR) is 82.1 cm³/mol. The van der Waals surface area contributed by atoms with E-state index in [9.17, 15) is 4.79 Å². The van der Waals surface area contributed by atoms with Crippen LogP contribution in [-0.4, -0.2) is 10.9 Å². The summed E-state index contributed by atoms with van der Waals surface area (Å²) in [6, 6.07) is 11.3. The number of nitrogens with zero attached hydrogens (tertiary/aromatic N) is 1. The van der Waals surface area contributed by atoms with Crippen LogP contribution in [0.15, 0.2) is 42.6 Å². The Morgan fingerprint density at radius 3 is 2.50 bits per heavy atom. The Labute approximate surface area is 120 Å². The number of anilines is 1. The number of aromatic nitrogens is 1. The molecule has 0 aliphatic heterocycles. The molecule has 0 aliphatic rings. The largest absolute Gasteiger partial charge is 0.322 e. The zero-order valence-corrected chi connectivity index (χ0v) is 12.4. The van der Waals surface area contributed by atoms with Gasteiger partial charge in [0.05, 0.1) is 0 Å². The van der Waals surface area contributed by atoms with Crippen molar-refractivity contribution in [2.45, 2.75) is 33.1 Å². The molecule has 0 bridgehead atoms. The molecular formula is C17H20N2O. The smallest absolute Gasteiger partial charge is 0.255 e. The lowest BCUT2D eigenvalue weighted by Crippen LogP contribution is -2.17. The number of aryl methyl sites for hydroxylation is 1. The van der Waals surface area contributed by atoms with E-state index in [0.717, 1.165) is 16.9 Å². The minimum absolute atomic E-state index is 0.0705. The van der Waals surface area contributed by atoms with Gasteiger partial charge in [0.1, 0.15) is 0 Å². The van der Waals surface area contributed by atoms with Crippen LogP contribution in [0.2, 0.25) is 0 Å². The second-order valence-corrected chi connectivity index (χ2v) is 5.95. The van der Waals surface area contributed by atoms with Crippen molar-refractivity contribution in [3.63, 3.8) is 0 Å². The van der Waals surface area contributed by atoms with E-state index in [1.165, 1.54) is 0 Å². The molecule has 0 unspecified atom stereocenters. The van der Waals surface area contributed by atoms with Crippen LogP contribution in [0.25, 0.3) is 0 Å². The molecule has 0 saturated carbocycles. The van der Waals surface area contributed by atoms with Crippen LogP contribution in [0.3, 0.4) is 0 Å². The van der Waals surface area contributed by atoms with Gasteiger partial charge in [-0.15, -0.1) is 0 Å². The fraction of sp³-hybridized carbons (Fsp3) is 0.294. The Morgan fingerprint density at radius 1 is 1.15 bits per heavy atom. The molecule has 3 nitrogen and oxygen atoms in total. The SMILES string of the molecule is Cc1ccccc1NC(=O)c1ccnc(C(C)(C)C)c1. The van der Waals surface area contributed by atoms with Crippen molar-refractivity contribution >= 4 is 11.6 Å². The third kappa shape index (κ3) is 3.23. The molecule has 1 heterocycles. The summed E-state index contributed by atoms with van der Waals surface area (Å²) in [5, 5.41) is 2.94. The zero-order chi connectivity index (χ0) is 14.8. The number of carbonyl (C=O) groups is 1. The first-order valence-corrected chi connectivity index (χ1v) is 6.71. The standard InChI is InChI=1S/C17H20N2O/c1-12-7-5-6-8-14(12)19-16(20)13-9-10-18-15(11-13)17(2,3)4/h5-11H,1-4H3,(H,19,20). The lowest BCUT2D eigenvalue weighted by Gasteiger charge is -2.18. The Morgan fingerprint density at radius 2 is 1.85 bits per heavy atom. The molecule has 0 radical (unpaired) electrons. The highest BCUT2D eigenvalue weighted by atomic mass is 16.1. The van der Waals surface area contributed by atoms with E-state index in [-0.39, 0.29) is 11.3 Å². The summed E-state index contributed by atoms with van der Waals surface area (Å²) in [6.45, 7) is 8.22. The maximum Gasteiger partial charge on any atom is 0.255 e. The molecule has 3 heteroatoms. The summed E-state index contributed by atoms with van der Waals surface area (Å²) in [5.74, 6) is -0.104. The van der Waals surface area contributed by atoms with Gasteiger partial charge in [0.2, 0.25) is 0 Å². The summed E-state index contributed by atoms with van der Waals surface area (Å²) in [7, 11) is 0. The summed E-state index contributed by atoms with van der Waals surface area (Å²) in [4.78, 5) is 16.6. The maximum atomic E-state index is 12.3. The molecule has 104 valence electrons. The number of amides is 1. The molecule has 2 aromatic rings. The monoisotopic (exact) mass is 268 g/mol. The molecule has 0 atom stereocenters. The molecule has 1 N–H and O–H groups in total. The van der Waals surface area contributed by atoms with Gasteiger partial charge in [-0.2, -0.15) is 0 Å². The van der Waals surface area contributed by atoms with Crippen molar-refractivity contribution < 1.29 is 4.79 Å². The van der Waals surface area contributed by atoms with Gasteiger partial charge in [-0.1, -0.05) is 39.0 Å². The average Bonchev–Trinajstić information content (AvgIpc) is 2.40. The molecule has 2 rings (SSSR count). The highest BCUT2D eigenvalue weighted by Crippen LogP contribution is 2.21. The first kappa shape index (κ1) is 14.3. The number of nitrogens with one attached hydrogen (secondary N) is 1. The van der Waals surface area contributed by atoms with Gasteiger partial charge in [0.15, 0.2) is 0 Å². The minimum atomic E-state index is -0.104. The lowest BCUT2D eigenvalue weighted by atomic mass is 9.91. The number of pyridine rings is 1. The van der Waals surface area contributed by atoms with Crippen LogP contribution in [0.5, 0.6) is 0 Å². The minimum Gasteiger partial charge on any atom is -0.322 e. The fourth-order valence-corrected chi connectivity index (χ4v) is 1.89. The molecule has 1 amide bonds. The molecule has 20 heavy (non-hydrogen) atoms. The molecule has 1 aromatic carbocycles. The van der Waals surface area contributed by atoms with Gasteiger partial charge in [-0.25, -0.2) is 0 Å². The second-order valence-electron chi connectivity index (χ2n) is 5.95. The third-order valence-electron chi connectivity index (χ3n) is 3.18. The normalized spacial score (nSPS) is 11.2. The average molecular weight is 268 g/mol. The summed E-state index contributed by atoms with van der Waals surface area (Å²) >= 11 is 0. The van der Waals surface area contributed by atoms with Crippen LogP contribution < -0.4 is 5.32 Å². The third-order valence-corrected chi connectivity index (χ3v) is 3.18. The Kier molecular flexibility index (Phi) is 3.89. The van der Waals surface area contributed by atoms with Crippen LogP contribution in [0.4, 0.5) is 5.69 Å². The van der Waals surface area contributed by atoms with Crippen molar-refractivity contribution in [2.75, 3.05) is 5.32 Å². The molecule has 0 fully saturated rings. The fourth-order valence-electron chi connectivity index (χ4n) is 1.89. The Hall–Kier alpha value is -2.16. The van der Waals surface area contributed by atoms with Gasteiger partial charge < -0.3 is 5.32 Å². The highest BCUT2D eigenvalue weighted by molar-refractivity contribution is 6.04. The van der Waals surface area contributed by atoms with E-state index >= 15 is 0 Å². The quantitative estimate of drug-likeness (QED) is 0.896. The van der Waals surface area contributed by atoms with E-state index in [1.54, 1.807) is 12.3 Å². The van der Waals surface area contributed by atoms with Gasteiger partial charge in [0.25, 0.3) is 5.91 Å². The predicted octanol–water partition coefficient (Wildman–Crippen LogP) is 3.94. The Balaban J connectivity index is 2.24. The number of hydrogen-bond acceptors (Lipinski definition) is 2. The summed E-state index contributed by atoms with van der Waals surface area (Å²) in [6.07, 6.45) is 1.69. The number of hydrogen-bond donors (Lipinski definition) is 1. The van der Waals surface area contributed by atoms with Crippen molar-refractivity contribution in [3.05, 3.63) is 59.4 Å². The van der Waals surface area contributed by atoms with E-state index in [4.69, 9.17) is 0 Å². The number of benzene rings is 1. The topological polar surface area (TPSA) is 42.0 Å². The zero-order valence-electron chi connectivity index (χ0n) is 12.4. The van der Waals surface area contributed by atoms with Crippen molar-refractivity contribution in [3.8, 4) is 0 Å². The molecule has 0 spiro atoms. The van der Waals surface area contributed by atoms with E-state index in [2.05, 4.69) is 31.1 Å². The van der Waals surface area contributed by atoms with Gasteiger partial charge in [0, 0.05) is 28.6 Å². The second kappa shape index (κ2) is 5.45. The van der Waals surface area contributed by atoms with E-state index < -0.39 is 0 Å². The number of carbonyl (C=O) groups excluding carboxylic acids is 1. The van der Waals surface area contributed by atoms with E-state index in [1.807, 2.05) is 37.3 Å². The van der Waals surface area contributed by atoms with Crippen LogP contribution >= 0.6 is 0 Å². The van der Waals surface area contributed by atoms with Gasteiger partial charge in [-0.3, -0.25) is 9.78 Å². The number of rotatable bonds is 2. The first-order valence-electron chi connectivity index (χ1n) is 6.71. The van der Waals surface area contributed by atoms with Gasteiger partial charge in [-0.05, 0) is 30.7 Å².